The Morgan fingerprint density at radius 2 is 1.23 bits per heavy atom. The Bertz CT molecular complexity index is 327. The van der Waals surface area contributed by atoms with Crippen molar-refractivity contribution in [3.8, 4) is 0 Å². The standard InChI is InChI=1S/C20H34O2/c1-2-3-4-5-6-7-8-9-10-11-12-13-14-15-16-17-18-19-20(21)22/h3-4,14-17H,2,5-13,18-19H2,1H3,(H,21,22). The Balaban J connectivity index is 3.19. The summed E-state index contributed by atoms with van der Waals surface area (Å²) in [4.78, 5) is 10.3. The molecular weight excluding hydrogens is 272 g/mol. The van der Waals surface area contributed by atoms with Gasteiger partial charge in [0.1, 0.15) is 0 Å². The van der Waals surface area contributed by atoms with Crippen molar-refractivity contribution in [2.24, 2.45) is 0 Å². The number of carbonyl (C=O) groups is 1. The lowest BCUT2D eigenvalue weighted by molar-refractivity contribution is -0.136. The largest absolute Gasteiger partial charge is 0.481 e. The van der Waals surface area contributed by atoms with Gasteiger partial charge in [0.2, 0.25) is 0 Å². The fraction of sp³-hybridized carbons (Fsp3) is 0.650. The van der Waals surface area contributed by atoms with E-state index in [4.69, 9.17) is 5.11 Å². The van der Waals surface area contributed by atoms with Crippen LogP contribution >= 0.6 is 0 Å². The van der Waals surface area contributed by atoms with Crippen molar-refractivity contribution in [2.45, 2.75) is 84.0 Å². The van der Waals surface area contributed by atoms with Gasteiger partial charge < -0.3 is 5.11 Å². The summed E-state index contributed by atoms with van der Waals surface area (Å²) in [5.41, 5.74) is 0. The summed E-state index contributed by atoms with van der Waals surface area (Å²) in [5, 5.41) is 8.48. The number of carboxylic acids is 1. The molecular formula is C20H34O2. The van der Waals surface area contributed by atoms with Crippen LogP contribution in [0.2, 0.25) is 0 Å². The monoisotopic (exact) mass is 306 g/mol. The van der Waals surface area contributed by atoms with Crippen molar-refractivity contribution >= 4 is 5.97 Å². The number of hydrogen-bond acceptors (Lipinski definition) is 1. The van der Waals surface area contributed by atoms with Crippen LogP contribution < -0.4 is 0 Å². The highest BCUT2D eigenvalue weighted by Gasteiger charge is 1.91. The normalized spacial score (nSPS) is 12.0. The van der Waals surface area contributed by atoms with Gasteiger partial charge in [-0.25, -0.2) is 0 Å². The molecule has 126 valence electrons. The average Bonchev–Trinajstić information content (AvgIpc) is 2.50. The molecule has 0 spiro atoms. The van der Waals surface area contributed by atoms with E-state index < -0.39 is 5.97 Å². The summed E-state index contributed by atoms with van der Waals surface area (Å²) >= 11 is 0. The van der Waals surface area contributed by atoms with Gasteiger partial charge in [-0.2, -0.15) is 0 Å². The first-order valence-electron chi connectivity index (χ1n) is 8.95. The van der Waals surface area contributed by atoms with Gasteiger partial charge in [0.25, 0.3) is 0 Å². The second-order valence-corrected chi connectivity index (χ2v) is 5.72. The molecule has 0 rings (SSSR count). The number of carboxylic acid groups (broad SMARTS) is 1. The maximum atomic E-state index is 10.3. The lowest BCUT2D eigenvalue weighted by atomic mass is 10.1. The number of rotatable bonds is 15. The predicted octanol–water partition coefficient (Wildman–Crippen LogP) is 6.44. The number of aliphatic carboxylic acids is 1. The van der Waals surface area contributed by atoms with Crippen LogP contribution in [0.1, 0.15) is 84.0 Å². The van der Waals surface area contributed by atoms with Crippen molar-refractivity contribution in [2.75, 3.05) is 0 Å². The minimum absolute atomic E-state index is 0.221. The van der Waals surface area contributed by atoms with Crippen LogP contribution in [-0.2, 0) is 4.79 Å². The van der Waals surface area contributed by atoms with Crippen LogP contribution in [-0.4, -0.2) is 11.1 Å². The van der Waals surface area contributed by atoms with Gasteiger partial charge in [-0.05, 0) is 38.5 Å². The van der Waals surface area contributed by atoms with Crippen molar-refractivity contribution in [1.82, 2.24) is 0 Å². The molecule has 0 amide bonds. The quantitative estimate of drug-likeness (QED) is 0.215. The summed E-state index contributed by atoms with van der Waals surface area (Å²) in [6, 6.07) is 0. The first kappa shape index (κ1) is 20.7. The third-order valence-electron chi connectivity index (χ3n) is 3.55. The van der Waals surface area contributed by atoms with E-state index in [9.17, 15) is 4.79 Å². The van der Waals surface area contributed by atoms with Gasteiger partial charge >= 0.3 is 5.97 Å². The molecule has 0 aromatic carbocycles. The smallest absolute Gasteiger partial charge is 0.303 e. The van der Waals surface area contributed by atoms with Crippen LogP contribution in [0.15, 0.2) is 36.5 Å². The zero-order valence-corrected chi connectivity index (χ0v) is 14.3. The molecule has 0 atom stereocenters. The zero-order chi connectivity index (χ0) is 16.3. The van der Waals surface area contributed by atoms with Crippen LogP contribution in [0.4, 0.5) is 0 Å². The summed E-state index contributed by atoms with van der Waals surface area (Å²) < 4.78 is 0. The van der Waals surface area contributed by atoms with Gasteiger partial charge in [0, 0.05) is 6.42 Å². The molecule has 0 aliphatic rings. The highest BCUT2D eigenvalue weighted by Crippen LogP contribution is 2.10. The van der Waals surface area contributed by atoms with Crippen molar-refractivity contribution < 1.29 is 9.90 Å². The SMILES string of the molecule is CCC=CCCCCCCCCCC=CC=CCCC(=O)O. The molecule has 1 N–H and O–H groups in total. The lowest BCUT2D eigenvalue weighted by Crippen LogP contribution is -1.91. The van der Waals surface area contributed by atoms with E-state index in [-0.39, 0.29) is 6.42 Å². The Kier molecular flexibility index (Phi) is 16.7. The van der Waals surface area contributed by atoms with E-state index in [1.54, 1.807) is 0 Å². The maximum absolute atomic E-state index is 10.3. The summed E-state index contributed by atoms with van der Waals surface area (Å²) in [6.07, 6.45) is 26.4. The zero-order valence-electron chi connectivity index (χ0n) is 14.3. The van der Waals surface area contributed by atoms with Gasteiger partial charge in [-0.1, -0.05) is 75.5 Å². The summed E-state index contributed by atoms with van der Waals surface area (Å²) in [5.74, 6) is -0.731. The molecule has 2 nitrogen and oxygen atoms in total. The molecule has 0 aliphatic heterocycles. The highest BCUT2D eigenvalue weighted by atomic mass is 16.4. The average molecular weight is 306 g/mol. The number of allylic oxidation sites excluding steroid dienone is 6. The first-order valence-corrected chi connectivity index (χ1v) is 8.95. The maximum Gasteiger partial charge on any atom is 0.303 e. The van der Waals surface area contributed by atoms with E-state index >= 15 is 0 Å². The molecule has 0 saturated heterocycles. The fourth-order valence-electron chi connectivity index (χ4n) is 2.25. The highest BCUT2D eigenvalue weighted by molar-refractivity contribution is 5.66. The van der Waals surface area contributed by atoms with Crippen LogP contribution in [0.5, 0.6) is 0 Å². The predicted molar refractivity (Wildman–Crippen MR) is 96.1 cm³/mol. The van der Waals surface area contributed by atoms with Gasteiger partial charge in [0.05, 0.1) is 0 Å². The molecule has 2 heteroatoms. The van der Waals surface area contributed by atoms with Crippen LogP contribution in [0, 0.1) is 0 Å². The molecule has 0 saturated carbocycles. The van der Waals surface area contributed by atoms with E-state index in [2.05, 4.69) is 25.2 Å². The van der Waals surface area contributed by atoms with Gasteiger partial charge in [-0.15, -0.1) is 0 Å². The topological polar surface area (TPSA) is 37.3 Å². The molecule has 0 aliphatic carbocycles. The minimum atomic E-state index is -0.731. The molecule has 0 aromatic heterocycles. The second kappa shape index (κ2) is 17.7. The third kappa shape index (κ3) is 18.7. The first-order chi connectivity index (χ1) is 10.8. The van der Waals surface area contributed by atoms with Crippen molar-refractivity contribution in [3.63, 3.8) is 0 Å². The Morgan fingerprint density at radius 3 is 1.77 bits per heavy atom. The van der Waals surface area contributed by atoms with Crippen LogP contribution in [0.3, 0.4) is 0 Å². The van der Waals surface area contributed by atoms with Crippen LogP contribution in [0.25, 0.3) is 0 Å². The molecule has 22 heavy (non-hydrogen) atoms. The second-order valence-electron chi connectivity index (χ2n) is 5.72. The number of unbranched alkanes of at least 4 members (excludes halogenated alkanes) is 8. The Morgan fingerprint density at radius 1 is 0.727 bits per heavy atom. The molecule has 0 bridgehead atoms. The summed E-state index contributed by atoms with van der Waals surface area (Å²) in [6.45, 7) is 2.18. The molecule has 0 aromatic rings. The van der Waals surface area contributed by atoms with E-state index in [1.807, 2.05) is 18.2 Å². The number of hydrogen-bond donors (Lipinski definition) is 1. The lowest BCUT2D eigenvalue weighted by Gasteiger charge is -2.00. The molecule has 0 unspecified atom stereocenters. The fourth-order valence-corrected chi connectivity index (χ4v) is 2.25. The van der Waals surface area contributed by atoms with Crippen molar-refractivity contribution in [3.05, 3.63) is 36.5 Å². The minimum Gasteiger partial charge on any atom is -0.481 e. The van der Waals surface area contributed by atoms with E-state index in [0.29, 0.717) is 6.42 Å². The Labute approximate surface area is 137 Å². The summed E-state index contributed by atoms with van der Waals surface area (Å²) in [7, 11) is 0. The molecule has 0 heterocycles. The molecule has 0 radical (unpaired) electrons. The third-order valence-corrected chi connectivity index (χ3v) is 3.55. The van der Waals surface area contributed by atoms with E-state index in [0.717, 1.165) is 12.8 Å². The van der Waals surface area contributed by atoms with Gasteiger partial charge in [0.15, 0.2) is 0 Å². The van der Waals surface area contributed by atoms with E-state index in [1.165, 1.54) is 51.4 Å². The van der Waals surface area contributed by atoms with Gasteiger partial charge in [-0.3, -0.25) is 4.79 Å². The molecule has 0 fully saturated rings. The van der Waals surface area contributed by atoms with Crippen molar-refractivity contribution in [1.29, 1.82) is 0 Å². The Hall–Kier alpha value is -1.31.